The molecule has 3 N–H and O–H groups in total. The van der Waals surface area contributed by atoms with Crippen molar-refractivity contribution in [1.82, 2.24) is 9.88 Å². The van der Waals surface area contributed by atoms with Gasteiger partial charge >= 0.3 is 6.61 Å². The van der Waals surface area contributed by atoms with Crippen LogP contribution in [0.3, 0.4) is 0 Å². The molecule has 2 saturated heterocycles. The van der Waals surface area contributed by atoms with E-state index in [0.717, 1.165) is 11.1 Å². The Balaban J connectivity index is 1.64. The minimum Gasteiger partial charge on any atom is -0.415 e. The average Bonchev–Trinajstić information content (AvgIpc) is 2.73. The number of alkyl halides is 2. The van der Waals surface area contributed by atoms with Crippen molar-refractivity contribution >= 4 is 28.1 Å². The molecule has 35 heavy (non-hydrogen) atoms. The third kappa shape index (κ3) is 4.98. The van der Waals surface area contributed by atoms with E-state index in [1.54, 1.807) is 17.9 Å². The Morgan fingerprint density at radius 1 is 1.17 bits per heavy atom. The summed E-state index contributed by atoms with van der Waals surface area (Å²) in [5, 5.41) is 2.71. The molecule has 2 fully saturated rings. The number of aryl methyl sites for hydroxylation is 1. The van der Waals surface area contributed by atoms with Crippen LogP contribution in [0.25, 0.3) is 0 Å². The predicted octanol–water partition coefficient (Wildman–Crippen LogP) is 4.21. The van der Waals surface area contributed by atoms with Gasteiger partial charge in [-0.25, -0.2) is 4.98 Å². The lowest BCUT2D eigenvalue weighted by Crippen LogP contribution is -2.68. The summed E-state index contributed by atoms with van der Waals surface area (Å²) in [7, 11) is -2.68. The second-order valence-electron chi connectivity index (χ2n) is 9.49. The highest BCUT2D eigenvalue weighted by molar-refractivity contribution is 8.25. The molecule has 1 aromatic heterocycles. The molecule has 2 aliphatic rings. The Bertz CT molecular complexity index is 1130. The zero-order valence-corrected chi connectivity index (χ0v) is 20.5. The average molecular weight is 510 g/mol. The van der Waals surface area contributed by atoms with Crippen molar-refractivity contribution in [3.8, 4) is 5.88 Å². The van der Waals surface area contributed by atoms with Crippen LogP contribution in [0.1, 0.15) is 36.6 Å². The van der Waals surface area contributed by atoms with Crippen molar-refractivity contribution in [1.29, 1.82) is 0 Å². The van der Waals surface area contributed by atoms with E-state index >= 15 is 0 Å². The Kier molecular flexibility index (Phi) is 6.78. The Morgan fingerprint density at radius 2 is 1.83 bits per heavy atom. The summed E-state index contributed by atoms with van der Waals surface area (Å²) in [6.07, 6.45) is 0. The van der Waals surface area contributed by atoms with Crippen molar-refractivity contribution in [2.24, 2.45) is 5.92 Å². The van der Waals surface area contributed by atoms with Crippen molar-refractivity contribution in [2.45, 2.75) is 38.7 Å². The smallest absolute Gasteiger partial charge is 0.388 e. The van der Waals surface area contributed by atoms with Gasteiger partial charge in [-0.05, 0) is 36.1 Å². The van der Waals surface area contributed by atoms with E-state index < -0.39 is 34.4 Å². The molecule has 0 bridgehead atoms. The molecular weight excluding hydrogens is 480 g/mol. The number of carbonyl (C=O) groups excluding carboxylic acids is 2. The number of benzene rings is 1. The minimum absolute atomic E-state index is 0.0139. The molecule has 11 heteroatoms. The number of nitrogens with zero attached hydrogens (tertiary/aromatic N) is 2. The van der Waals surface area contributed by atoms with Gasteiger partial charge in [-0.1, -0.05) is 38.1 Å². The van der Waals surface area contributed by atoms with Gasteiger partial charge in [-0.2, -0.15) is 19.4 Å². The van der Waals surface area contributed by atoms with Gasteiger partial charge in [0, 0.05) is 18.8 Å². The summed E-state index contributed by atoms with van der Waals surface area (Å²) >= 11 is 0. The van der Waals surface area contributed by atoms with E-state index in [0.29, 0.717) is 5.69 Å². The molecule has 0 radical (unpaired) electrons. The van der Waals surface area contributed by atoms with E-state index in [4.69, 9.17) is 0 Å². The molecule has 0 atom stereocenters. The summed E-state index contributed by atoms with van der Waals surface area (Å²) in [5.74, 6) is -1.38. The van der Waals surface area contributed by atoms with Crippen LogP contribution in [0.15, 0.2) is 36.4 Å². The van der Waals surface area contributed by atoms with Gasteiger partial charge in [0.15, 0.2) is 0 Å². The van der Waals surface area contributed by atoms with E-state index in [-0.39, 0.29) is 48.0 Å². The van der Waals surface area contributed by atoms with Crippen LogP contribution in [-0.4, -0.2) is 62.0 Å². The number of amides is 2. The zero-order valence-electron chi connectivity index (χ0n) is 19.7. The van der Waals surface area contributed by atoms with E-state index in [1.807, 2.05) is 38.1 Å². The second kappa shape index (κ2) is 9.36. The summed E-state index contributed by atoms with van der Waals surface area (Å²) in [6, 6.07) is 10.5. The molecule has 0 unspecified atom stereocenters. The highest BCUT2D eigenvalue weighted by Crippen LogP contribution is 2.53. The normalized spacial score (nSPS) is 19.6. The van der Waals surface area contributed by atoms with Crippen LogP contribution in [0, 0.1) is 12.8 Å². The Labute approximate surface area is 204 Å². The van der Waals surface area contributed by atoms with Gasteiger partial charge in [0.25, 0.3) is 0 Å². The second-order valence-corrected chi connectivity index (χ2v) is 11.8. The van der Waals surface area contributed by atoms with E-state index in [2.05, 4.69) is 15.0 Å². The first-order valence-electron chi connectivity index (χ1n) is 11.3. The number of anilines is 1. The first kappa shape index (κ1) is 25.3. The maximum atomic E-state index is 13.7. The lowest BCUT2D eigenvalue weighted by molar-refractivity contribution is -0.147. The molecular formula is C24H29F2N3O5S. The van der Waals surface area contributed by atoms with Crippen LogP contribution < -0.4 is 10.1 Å². The van der Waals surface area contributed by atoms with Crippen molar-refractivity contribution in [3.63, 3.8) is 0 Å². The zero-order chi connectivity index (χ0) is 25.5. The highest BCUT2D eigenvalue weighted by Gasteiger charge is 2.55. The number of hydrogen-bond donors (Lipinski definition) is 3. The van der Waals surface area contributed by atoms with Gasteiger partial charge in [0.05, 0.1) is 17.4 Å². The fourth-order valence-electron chi connectivity index (χ4n) is 4.67. The molecule has 0 saturated carbocycles. The number of likely N-dealkylation sites (tertiary alicyclic amines) is 1. The van der Waals surface area contributed by atoms with Crippen molar-refractivity contribution in [3.05, 3.63) is 53.2 Å². The van der Waals surface area contributed by atoms with Gasteiger partial charge in [0.1, 0.15) is 11.1 Å². The molecule has 1 aromatic carbocycles. The quantitative estimate of drug-likeness (QED) is 0.516. The van der Waals surface area contributed by atoms with Crippen LogP contribution in [0.4, 0.5) is 14.5 Å². The fourth-order valence-corrected chi connectivity index (χ4v) is 6.15. The number of ether oxygens (including phenoxy) is 1. The lowest BCUT2D eigenvalue weighted by Gasteiger charge is -2.54. The number of halogens is 2. The van der Waals surface area contributed by atoms with Gasteiger partial charge < -0.3 is 15.0 Å². The van der Waals surface area contributed by atoms with Crippen LogP contribution in [0.2, 0.25) is 0 Å². The molecule has 2 aromatic rings. The molecule has 2 aliphatic heterocycles. The number of rotatable bonds is 7. The van der Waals surface area contributed by atoms with Gasteiger partial charge in [-0.15, -0.1) is 0 Å². The Hall–Kier alpha value is -2.76. The molecule has 0 spiro atoms. The summed E-state index contributed by atoms with van der Waals surface area (Å²) in [4.78, 5) is 32.2. The molecule has 2 amide bonds. The molecule has 4 rings (SSSR count). The number of carbonyl (C=O) groups is 2. The molecule has 8 nitrogen and oxygen atoms in total. The van der Waals surface area contributed by atoms with Gasteiger partial charge in [-0.3, -0.25) is 18.7 Å². The maximum Gasteiger partial charge on any atom is 0.388 e. The number of aromatic nitrogens is 1. The number of nitrogens with one attached hydrogen (secondary N) is 1. The highest BCUT2D eigenvalue weighted by atomic mass is 32.3. The molecule has 0 aliphatic carbocycles. The first-order chi connectivity index (χ1) is 16.4. The van der Waals surface area contributed by atoms with E-state index in [1.165, 1.54) is 6.07 Å². The fraction of sp³-hybridized carbons (Fsp3) is 0.458. The summed E-state index contributed by atoms with van der Waals surface area (Å²) < 4.78 is 49.8. The third-order valence-corrected chi connectivity index (χ3v) is 8.37. The van der Waals surface area contributed by atoms with Gasteiger partial charge in [0.2, 0.25) is 17.7 Å². The number of hydrogen-bond acceptors (Lipinski definition) is 6. The SMILES string of the molecule is Cc1ccc(NC(=O)C2(c3ccccc3C(C)C)CN(C(=O)C3CS(O)(O)C3)C2)c(OC(F)F)n1. The Morgan fingerprint density at radius 3 is 2.43 bits per heavy atom. The van der Waals surface area contributed by atoms with E-state index in [9.17, 15) is 27.5 Å². The molecule has 3 heterocycles. The monoisotopic (exact) mass is 509 g/mol. The first-order valence-corrected chi connectivity index (χ1v) is 13.2. The third-order valence-electron chi connectivity index (χ3n) is 6.50. The van der Waals surface area contributed by atoms with Crippen LogP contribution in [-0.2, 0) is 15.0 Å². The summed E-state index contributed by atoms with van der Waals surface area (Å²) in [5.41, 5.74) is 1.05. The maximum absolute atomic E-state index is 13.7. The van der Waals surface area contributed by atoms with Crippen LogP contribution in [0.5, 0.6) is 5.88 Å². The topological polar surface area (TPSA) is 112 Å². The standard InChI is InChI=1S/C24H29F2N3O5S/c1-14(2)17-6-4-5-7-18(17)24(12-29(13-24)21(30)16-10-35(32,33)11-16)22(31)28-19-9-8-15(3)27-20(19)34-23(25)26/h4-9,14,16,23,32-33H,10-13H2,1-3H3,(H,28,31). The van der Waals surface area contributed by atoms with Crippen molar-refractivity contribution in [2.75, 3.05) is 29.9 Å². The number of pyridine rings is 1. The lowest BCUT2D eigenvalue weighted by atomic mass is 9.69. The molecule has 190 valence electrons. The largest absolute Gasteiger partial charge is 0.415 e. The van der Waals surface area contributed by atoms with Crippen molar-refractivity contribution < 1.29 is 32.2 Å². The summed E-state index contributed by atoms with van der Waals surface area (Å²) in [6.45, 7) is 2.69. The van der Waals surface area contributed by atoms with Crippen LogP contribution >= 0.6 is 10.6 Å². The predicted molar refractivity (Wildman–Crippen MR) is 129 cm³/mol. The minimum atomic E-state index is -3.11.